The van der Waals surface area contributed by atoms with Gasteiger partial charge in [0.05, 0.1) is 17.8 Å². The molecule has 0 bridgehead atoms. The molecule has 1 heterocycles. The van der Waals surface area contributed by atoms with Gasteiger partial charge in [-0.2, -0.15) is 0 Å². The van der Waals surface area contributed by atoms with Crippen LogP contribution < -0.4 is 0 Å². The molecule has 2 N–H and O–H groups in total. The summed E-state index contributed by atoms with van der Waals surface area (Å²) in [7, 11) is 0. The summed E-state index contributed by atoms with van der Waals surface area (Å²) < 4.78 is 0. The minimum absolute atomic E-state index is 0.163. The van der Waals surface area contributed by atoms with Gasteiger partial charge in [-0.25, -0.2) is 0 Å². The van der Waals surface area contributed by atoms with Crippen molar-refractivity contribution < 1.29 is 19.8 Å². The first-order valence-electron chi connectivity index (χ1n) is 4.24. The van der Waals surface area contributed by atoms with Crippen LogP contribution in [-0.4, -0.2) is 32.1 Å². The molecule has 1 rings (SSSR count). The van der Waals surface area contributed by atoms with Crippen molar-refractivity contribution in [3.63, 3.8) is 0 Å². The first-order chi connectivity index (χ1) is 7.00. The third-order valence-electron chi connectivity index (χ3n) is 1.83. The lowest BCUT2D eigenvalue weighted by Crippen LogP contribution is -2.17. The van der Waals surface area contributed by atoms with Crippen molar-refractivity contribution in [1.82, 2.24) is 9.97 Å². The molecule has 0 saturated heterocycles. The Kier molecular flexibility index (Phi) is 3.33. The predicted molar refractivity (Wildman–Crippen MR) is 49.4 cm³/mol. The van der Waals surface area contributed by atoms with Gasteiger partial charge < -0.3 is 10.2 Å². The number of aliphatic carboxylic acids is 2. The monoisotopic (exact) mass is 210 g/mol. The molecule has 0 spiro atoms. The van der Waals surface area contributed by atoms with Gasteiger partial charge in [0.2, 0.25) is 0 Å². The fourth-order valence-corrected chi connectivity index (χ4v) is 1.08. The molecule has 1 aromatic heterocycles. The van der Waals surface area contributed by atoms with Gasteiger partial charge in [0.25, 0.3) is 0 Å². The highest BCUT2D eigenvalue weighted by Gasteiger charge is 2.24. The van der Waals surface area contributed by atoms with Gasteiger partial charge in [-0.05, 0) is 6.92 Å². The van der Waals surface area contributed by atoms with Crippen molar-refractivity contribution in [2.24, 2.45) is 0 Å². The molecule has 15 heavy (non-hydrogen) atoms. The third-order valence-corrected chi connectivity index (χ3v) is 1.83. The van der Waals surface area contributed by atoms with E-state index in [-0.39, 0.29) is 5.69 Å². The van der Waals surface area contributed by atoms with Crippen LogP contribution in [-0.2, 0) is 9.59 Å². The van der Waals surface area contributed by atoms with Crippen LogP contribution in [0.1, 0.15) is 23.7 Å². The highest BCUT2D eigenvalue weighted by Crippen LogP contribution is 2.16. The summed E-state index contributed by atoms with van der Waals surface area (Å²) in [4.78, 5) is 28.9. The Labute approximate surface area is 85.6 Å². The van der Waals surface area contributed by atoms with E-state index in [0.29, 0.717) is 5.69 Å². The fraction of sp³-hybridized carbons (Fsp3) is 0.333. The molecule has 0 saturated carbocycles. The molecule has 0 radical (unpaired) electrons. The highest BCUT2D eigenvalue weighted by atomic mass is 16.4. The van der Waals surface area contributed by atoms with E-state index in [1.807, 2.05) is 0 Å². The van der Waals surface area contributed by atoms with Gasteiger partial charge in [-0.3, -0.25) is 19.6 Å². The number of aromatic nitrogens is 2. The number of hydrogen-bond acceptors (Lipinski definition) is 4. The van der Waals surface area contributed by atoms with Gasteiger partial charge in [-0.1, -0.05) is 0 Å². The van der Waals surface area contributed by atoms with Gasteiger partial charge in [0.15, 0.2) is 0 Å². The van der Waals surface area contributed by atoms with Crippen molar-refractivity contribution in [2.45, 2.75) is 19.3 Å². The lowest BCUT2D eigenvalue weighted by molar-refractivity contribution is -0.145. The zero-order chi connectivity index (χ0) is 11.4. The van der Waals surface area contributed by atoms with E-state index >= 15 is 0 Å². The smallest absolute Gasteiger partial charge is 0.313 e. The van der Waals surface area contributed by atoms with E-state index < -0.39 is 24.3 Å². The summed E-state index contributed by atoms with van der Waals surface area (Å²) in [5.74, 6) is -3.53. The van der Waals surface area contributed by atoms with Crippen LogP contribution in [0.5, 0.6) is 0 Å². The fourth-order valence-electron chi connectivity index (χ4n) is 1.08. The molecule has 80 valence electrons. The lowest BCUT2D eigenvalue weighted by atomic mass is 10.0. The van der Waals surface area contributed by atoms with Crippen LogP contribution >= 0.6 is 0 Å². The normalized spacial score (nSPS) is 12.1. The molecule has 1 aromatic rings. The Morgan fingerprint density at radius 1 is 1.33 bits per heavy atom. The molecule has 0 aliphatic rings. The van der Waals surface area contributed by atoms with Gasteiger partial charge in [0, 0.05) is 12.4 Å². The van der Waals surface area contributed by atoms with Crippen molar-refractivity contribution in [3.8, 4) is 0 Å². The van der Waals surface area contributed by atoms with Crippen molar-refractivity contribution in [2.75, 3.05) is 0 Å². The predicted octanol–water partition coefficient (Wildman–Crippen LogP) is 0.428. The summed E-state index contributed by atoms with van der Waals surface area (Å²) in [5, 5.41) is 17.4. The van der Waals surface area contributed by atoms with Crippen LogP contribution in [0.4, 0.5) is 0 Å². The quantitative estimate of drug-likeness (QED) is 0.747. The molecular formula is C9H10N2O4. The first kappa shape index (κ1) is 11.1. The second kappa shape index (κ2) is 4.50. The molecule has 0 amide bonds. The maximum atomic E-state index is 10.8. The topological polar surface area (TPSA) is 100 Å². The van der Waals surface area contributed by atoms with Gasteiger partial charge in [0.1, 0.15) is 5.92 Å². The van der Waals surface area contributed by atoms with Crippen molar-refractivity contribution >= 4 is 11.9 Å². The minimum Gasteiger partial charge on any atom is -0.481 e. The molecule has 6 nitrogen and oxygen atoms in total. The van der Waals surface area contributed by atoms with E-state index in [4.69, 9.17) is 10.2 Å². The van der Waals surface area contributed by atoms with Gasteiger partial charge in [-0.15, -0.1) is 0 Å². The van der Waals surface area contributed by atoms with Crippen molar-refractivity contribution in [3.05, 3.63) is 23.8 Å². The van der Waals surface area contributed by atoms with Crippen molar-refractivity contribution in [1.29, 1.82) is 0 Å². The molecule has 0 aliphatic heterocycles. The molecule has 1 unspecified atom stereocenters. The number of carboxylic acids is 2. The number of hydrogen-bond donors (Lipinski definition) is 2. The van der Waals surface area contributed by atoms with Crippen LogP contribution in [0.3, 0.4) is 0 Å². The summed E-state index contributed by atoms with van der Waals surface area (Å²) in [6.07, 6.45) is 2.21. The highest BCUT2D eigenvalue weighted by molar-refractivity contribution is 5.81. The lowest BCUT2D eigenvalue weighted by Gasteiger charge is -2.08. The first-order valence-corrected chi connectivity index (χ1v) is 4.24. The molecular weight excluding hydrogens is 200 g/mol. The van der Waals surface area contributed by atoms with E-state index in [9.17, 15) is 9.59 Å². The van der Waals surface area contributed by atoms with Crippen LogP contribution in [0, 0.1) is 6.92 Å². The summed E-state index contributed by atoms with van der Waals surface area (Å²) in [5.41, 5.74) is 0.814. The Morgan fingerprint density at radius 2 is 2.00 bits per heavy atom. The molecule has 1 atom stereocenters. The largest absolute Gasteiger partial charge is 0.481 e. The zero-order valence-corrected chi connectivity index (χ0v) is 8.04. The molecule has 6 heteroatoms. The van der Waals surface area contributed by atoms with Crippen LogP contribution in [0.2, 0.25) is 0 Å². The van der Waals surface area contributed by atoms with Crippen LogP contribution in [0.25, 0.3) is 0 Å². The maximum Gasteiger partial charge on any atom is 0.313 e. The average molecular weight is 210 g/mol. The van der Waals surface area contributed by atoms with E-state index in [2.05, 4.69) is 9.97 Å². The third kappa shape index (κ3) is 3.01. The Morgan fingerprint density at radius 3 is 2.40 bits per heavy atom. The van der Waals surface area contributed by atoms with Crippen LogP contribution in [0.15, 0.2) is 12.4 Å². The van der Waals surface area contributed by atoms with E-state index in [1.165, 1.54) is 12.4 Å². The van der Waals surface area contributed by atoms with Gasteiger partial charge >= 0.3 is 11.9 Å². The molecule has 0 fully saturated rings. The Bertz CT molecular complexity index is 374. The number of rotatable bonds is 4. The second-order valence-corrected chi connectivity index (χ2v) is 3.07. The van der Waals surface area contributed by atoms with E-state index in [1.54, 1.807) is 6.92 Å². The molecule has 0 aromatic carbocycles. The minimum atomic E-state index is -1.21. The molecule has 0 aliphatic carbocycles. The zero-order valence-electron chi connectivity index (χ0n) is 8.04. The maximum absolute atomic E-state index is 10.8. The number of nitrogens with zero attached hydrogens (tertiary/aromatic N) is 2. The average Bonchev–Trinajstić information content (AvgIpc) is 2.15. The van der Waals surface area contributed by atoms with E-state index in [0.717, 1.165) is 0 Å². The summed E-state index contributed by atoms with van der Waals surface area (Å²) in [6, 6.07) is 0. The second-order valence-electron chi connectivity index (χ2n) is 3.07. The number of carboxylic acid groups (broad SMARTS) is 2. The Hall–Kier alpha value is -1.98. The number of carbonyl (C=O) groups is 2. The summed E-state index contributed by atoms with van der Waals surface area (Å²) in [6.45, 7) is 1.71. The summed E-state index contributed by atoms with van der Waals surface area (Å²) >= 11 is 0. The standard InChI is InChI=1S/C9H10N2O4/c1-5-3-11-7(4-10-5)6(9(14)15)2-8(12)13/h3-4,6H,2H2,1H3,(H,12,13)(H,14,15). The SMILES string of the molecule is Cc1cnc(C(CC(=O)O)C(=O)O)cn1. The Balaban J connectivity index is 2.94. The number of aryl methyl sites for hydroxylation is 1.